The molecule has 5 rings (SSSR count). The van der Waals surface area contributed by atoms with Gasteiger partial charge in [0.1, 0.15) is 12.7 Å². The monoisotopic (exact) mass is 439 g/mol. The van der Waals surface area contributed by atoms with E-state index in [-0.39, 0.29) is 23.9 Å². The Morgan fingerprint density at radius 2 is 1.64 bits per heavy atom. The van der Waals surface area contributed by atoms with Crippen molar-refractivity contribution in [1.82, 2.24) is 0 Å². The maximum absolute atomic E-state index is 12.9. The van der Waals surface area contributed by atoms with Crippen molar-refractivity contribution in [3.8, 4) is 11.1 Å². The summed E-state index contributed by atoms with van der Waals surface area (Å²) < 4.78 is 5.85. The number of carbonyl (C=O) groups is 1. The number of carbonyl (C=O) groups excluding carboxylic acids is 1. The molecular formula is C29H29NO3. The maximum atomic E-state index is 12.9. The third-order valence-electron chi connectivity index (χ3n) is 6.85. The van der Waals surface area contributed by atoms with E-state index in [1.54, 1.807) is 0 Å². The fourth-order valence-corrected chi connectivity index (χ4v) is 5.05. The Balaban J connectivity index is 1.18. The minimum Gasteiger partial charge on any atom is -0.464 e. The van der Waals surface area contributed by atoms with Crippen LogP contribution in [0.4, 0.5) is 0 Å². The summed E-state index contributed by atoms with van der Waals surface area (Å²) in [7, 11) is 0. The molecule has 0 bridgehead atoms. The zero-order valence-corrected chi connectivity index (χ0v) is 19.2. The van der Waals surface area contributed by atoms with Crippen LogP contribution in [0, 0.1) is 12.8 Å². The van der Waals surface area contributed by atoms with E-state index in [1.165, 1.54) is 27.8 Å². The lowest BCUT2D eigenvalue weighted by molar-refractivity contribution is -0.148. The number of fused-ring (bicyclic) bond motifs is 3. The van der Waals surface area contributed by atoms with Gasteiger partial charge in [0.2, 0.25) is 0 Å². The molecule has 3 aromatic rings. The second-order valence-corrected chi connectivity index (χ2v) is 9.14. The fourth-order valence-electron chi connectivity index (χ4n) is 5.05. The molecule has 0 aliphatic heterocycles. The Hall–Kier alpha value is -3.40. The highest BCUT2D eigenvalue weighted by atomic mass is 16.6. The molecule has 0 radical (unpaired) electrons. The predicted molar refractivity (Wildman–Crippen MR) is 130 cm³/mol. The van der Waals surface area contributed by atoms with E-state index in [4.69, 9.17) is 9.57 Å². The molecule has 4 heteroatoms. The van der Waals surface area contributed by atoms with Gasteiger partial charge in [0.05, 0.1) is 11.6 Å². The number of oxime groups is 1. The number of benzene rings is 3. The molecule has 1 unspecified atom stereocenters. The van der Waals surface area contributed by atoms with Crippen LogP contribution in [-0.4, -0.2) is 24.4 Å². The first-order chi connectivity index (χ1) is 16.1. The van der Waals surface area contributed by atoms with Gasteiger partial charge >= 0.3 is 5.97 Å². The number of rotatable bonds is 6. The Kier molecular flexibility index (Phi) is 5.99. The summed E-state index contributed by atoms with van der Waals surface area (Å²) in [6, 6.07) is 25.0. The fraction of sp³-hybridized carbons (Fsp3) is 0.310. The standard InChI is InChI=1S/C29H29NO3/c1-19-8-7-9-21(16-19)20(2)30-33-23-15-14-22(17-23)29(31)32-18-28-26-12-5-3-10-24(26)25-11-4-6-13-27(25)28/h3-13,16,22-23,28H,14-15,17-18H2,1-2H3/b30-20+/t22?,23-/m1/s1. The van der Waals surface area contributed by atoms with Crippen molar-refractivity contribution in [1.29, 1.82) is 0 Å². The Morgan fingerprint density at radius 3 is 2.33 bits per heavy atom. The van der Waals surface area contributed by atoms with Gasteiger partial charge in [-0.15, -0.1) is 0 Å². The first-order valence-electron chi connectivity index (χ1n) is 11.7. The van der Waals surface area contributed by atoms with Crippen molar-refractivity contribution in [3.63, 3.8) is 0 Å². The van der Waals surface area contributed by atoms with E-state index in [2.05, 4.69) is 72.7 Å². The van der Waals surface area contributed by atoms with Gasteiger partial charge in [-0.3, -0.25) is 4.79 Å². The molecule has 1 saturated carbocycles. The molecule has 0 N–H and O–H groups in total. The zero-order valence-electron chi connectivity index (χ0n) is 19.2. The number of aryl methyl sites for hydroxylation is 1. The second-order valence-electron chi connectivity index (χ2n) is 9.14. The van der Waals surface area contributed by atoms with E-state index in [1.807, 2.05) is 19.1 Å². The highest BCUT2D eigenvalue weighted by Crippen LogP contribution is 2.44. The lowest BCUT2D eigenvalue weighted by Crippen LogP contribution is -2.19. The van der Waals surface area contributed by atoms with Crippen LogP contribution in [0.3, 0.4) is 0 Å². The summed E-state index contributed by atoms with van der Waals surface area (Å²) >= 11 is 0. The average Bonchev–Trinajstić information content (AvgIpc) is 3.44. The van der Waals surface area contributed by atoms with Crippen LogP contribution in [0.1, 0.15) is 54.4 Å². The van der Waals surface area contributed by atoms with Crippen molar-refractivity contribution in [2.75, 3.05) is 6.61 Å². The Bertz CT molecular complexity index is 1150. The minimum absolute atomic E-state index is 0.0461. The molecule has 0 amide bonds. The van der Waals surface area contributed by atoms with Crippen LogP contribution in [-0.2, 0) is 14.4 Å². The Morgan fingerprint density at radius 1 is 0.939 bits per heavy atom. The van der Waals surface area contributed by atoms with E-state index in [0.717, 1.165) is 24.1 Å². The van der Waals surface area contributed by atoms with Gasteiger partial charge < -0.3 is 9.57 Å². The van der Waals surface area contributed by atoms with Crippen LogP contribution < -0.4 is 0 Å². The maximum Gasteiger partial charge on any atom is 0.309 e. The lowest BCUT2D eigenvalue weighted by Gasteiger charge is -2.16. The van der Waals surface area contributed by atoms with Crippen LogP contribution in [0.2, 0.25) is 0 Å². The number of hydrogen-bond donors (Lipinski definition) is 0. The van der Waals surface area contributed by atoms with E-state index >= 15 is 0 Å². The summed E-state index contributed by atoms with van der Waals surface area (Å²) in [5.41, 5.74) is 8.05. The smallest absolute Gasteiger partial charge is 0.309 e. The zero-order chi connectivity index (χ0) is 22.8. The molecule has 3 aromatic carbocycles. The summed E-state index contributed by atoms with van der Waals surface area (Å²) in [6.45, 7) is 4.39. The van der Waals surface area contributed by atoms with Crippen LogP contribution in [0.25, 0.3) is 11.1 Å². The molecule has 0 spiro atoms. The van der Waals surface area contributed by atoms with E-state index < -0.39 is 0 Å². The summed E-state index contributed by atoms with van der Waals surface area (Å²) in [5.74, 6) is -0.157. The molecule has 0 aromatic heterocycles. The topological polar surface area (TPSA) is 47.9 Å². The minimum atomic E-state index is -0.128. The summed E-state index contributed by atoms with van der Waals surface area (Å²) in [5, 5.41) is 4.33. The summed E-state index contributed by atoms with van der Waals surface area (Å²) in [6.07, 6.45) is 2.21. The lowest BCUT2D eigenvalue weighted by atomic mass is 9.98. The van der Waals surface area contributed by atoms with Crippen molar-refractivity contribution in [2.45, 2.75) is 45.1 Å². The van der Waals surface area contributed by atoms with Gasteiger partial charge in [-0.1, -0.05) is 83.5 Å². The second kappa shape index (κ2) is 9.22. The molecule has 2 aliphatic carbocycles. The van der Waals surface area contributed by atoms with E-state index in [9.17, 15) is 4.79 Å². The highest BCUT2D eigenvalue weighted by Gasteiger charge is 2.34. The Labute approximate surface area is 195 Å². The molecule has 2 aliphatic rings. The van der Waals surface area contributed by atoms with Gasteiger partial charge in [0.15, 0.2) is 0 Å². The molecule has 168 valence electrons. The number of esters is 1. The van der Waals surface area contributed by atoms with Crippen molar-refractivity contribution >= 4 is 11.7 Å². The predicted octanol–water partition coefficient (Wildman–Crippen LogP) is 6.26. The van der Waals surface area contributed by atoms with Gasteiger partial charge in [0, 0.05) is 12.3 Å². The molecule has 1 fully saturated rings. The molecule has 33 heavy (non-hydrogen) atoms. The molecule has 0 heterocycles. The first kappa shape index (κ1) is 21.4. The summed E-state index contributed by atoms with van der Waals surface area (Å²) in [4.78, 5) is 18.6. The third-order valence-corrected chi connectivity index (χ3v) is 6.85. The van der Waals surface area contributed by atoms with Gasteiger partial charge in [0.25, 0.3) is 0 Å². The van der Waals surface area contributed by atoms with Gasteiger partial charge in [-0.05, 0) is 54.5 Å². The van der Waals surface area contributed by atoms with Crippen molar-refractivity contribution in [3.05, 3.63) is 95.1 Å². The molecule has 2 atom stereocenters. The van der Waals surface area contributed by atoms with Gasteiger partial charge in [-0.25, -0.2) is 0 Å². The molecule has 4 nitrogen and oxygen atoms in total. The number of ether oxygens (including phenoxy) is 1. The van der Waals surface area contributed by atoms with Gasteiger partial charge in [-0.2, -0.15) is 0 Å². The quantitative estimate of drug-likeness (QED) is 0.259. The number of hydrogen-bond acceptors (Lipinski definition) is 4. The van der Waals surface area contributed by atoms with Crippen molar-refractivity contribution < 1.29 is 14.4 Å². The largest absolute Gasteiger partial charge is 0.464 e. The molecular weight excluding hydrogens is 410 g/mol. The number of nitrogens with zero attached hydrogens (tertiary/aromatic N) is 1. The van der Waals surface area contributed by atoms with Crippen LogP contribution in [0.5, 0.6) is 0 Å². The van der Waals surface area contributed by atoms with Crippen LogP contribution >= 0.6 is 0 Å². The first-order valence-corrected chi connectivity index (χ1v) is 11.7. The average molecular weight is 440 g/mol. The molecule has 0 saturated heterocycles. The third kappa shape index (κ3) is 4.43. The normalized spacial score (nSPS) is 19.8. The van der Waals surface area contributed by atoms with Crippen LogP contribution in [0.15, 0.2) is 78.0 Å². The SMILES string of the molecule is C/C(=N\O[C@@H]1CCC(C(=O)OCC2c3ccccc3-c3ccccc32)C1)c1cccc(C)c1. The van der Waals surface area contributed by atoms with Crippen molar-refractivity contribution in [2.24, 2.45) is 11.1 Å². The van der Waals surface area contributed by atoms with E-state index in [0.29, 0.717) is 13.0 Å². The highest BCUT2D eigenvalue weighted by molar-refractivity contribution is 5.98.